The van der Waals surface area contributed by atoms with Gasteiger partial charge in [0, 0.05) is 18.6 Å². The molecule has 96 valence electrons. The monoisotopic (exact) mass is 237 g/mol. The first kappa shape index (κ1) is 16.2. The van der Waals surface area contributed by atoms with E-state index in [1.54, 1.807) is 0 Å². The zero-order valence-electron chi connectivity index (χ0n) is 11.3. The van der Waals surface area contributed by atoms with Gasteiger partial charge in [-0.05, 0) is 33.3 Å². The van der Waals surface area contributed by atoms with Crippen LogP contribution in [0.25, 0.3) is 0 Å². The standard InChI is InChI=1S/C13H21N.BH3O2/c1-11(2)14(12(3)4)10-13-8-6-5-7-9-13;2-1-3/h5-9,11-12H,10H2,1-4H3;1-3H. The highest BCUT2D eigenvalue weighted by molar-refractivity contribution is 6.13. The summed E-state index contributed by atoms with van der Waals surface area (Å²) in [7, 11) is -0.750. The van der Waals surface area contributed by atoms with E-state index in [0.29, 0.717) is 12.1 Å². The SMILES string of the molecule is CC(C)N(Cc1ccccc1)C(C)C.OBO. The Labute approximate surface area is 105 Å². The number of benzene rings is 1. The fourth-order valence-electron chi connectivity index (χ4n) is 1.76. The summed E-state index contributed by atoms with van der Waals surface area (Å²) in [5, 5.41) is 14.2. The maximum absolute atomic E-state index is 7.12. The second kappa shape index (κ2) is 9.22. The van der Waals surface area contributed by atoms with Gasteiger partial charge >= 0.3 is 7.69 Å². The maximum atomic E-state index is 7.12. The molecule has 0 aromatic heterocycles. The Balaban J connectivity index is 0.000000770. The summed E-state index contributed by atoms with van der Waals surface area (Å²) in [5.41, 5.74) is 1.40. The molecule has 0 unspecified atom stereocenters. The molecule has 0 heterocycles. The Bertz CT molecular complexity index is 270. The lowest BCUT2D eigenvalue weighted by molar-refractivity contribution is 0.166. The predicted octanol–water partition coefficient (Wildman–Crippen LogP) is 1.54. The van der Waals surface area contributed by atoms with Crippen molar-refractivity contribution in [2.75, 3.05) is 0 Å². The van der Waals surface area contributed by atoms with Crippen molar-refractivity contribution in [1.29, 1.82) is 0 Å². The van der Waals surface area contributed by atoms with Crippen molar-refractivity contribution in [3.05, 3.63) is 35.9 Å². The highest BCUT2D eigenvalue weighted by Crippen LogP contribution is 2.11. The Kier molecular flexibility index (Phi) is 8.77. The summed E-state index contributed by atoms with van der Waals surface area (Å²) in [6.45, 7) is 10.1. The van der Waals surface area contributed by atoms with Crippen molar-refractivity contribution >= 4 is 7.69 Å². The van der Waals surface area contributed by atoms with Crippen molar-refractivity contribution in [1.82, 2.24) is 4.90 Å². The van der Waals surface area contributed by atoms with Gasteiger partial charge in [0.2, 0.25) is 0 Å². The molecule has 0 amide bonds. The second-order valence-electron chi connectivity index (χ2n) is 4.49. The molecule has 0 aliphatic carbocycles. The molecule has 0 aliphatic rings. The molecule has 1 aromatic rings. The molecule has 17 heavy (non-hydrogen) atoms. The van der Waals surface area contributed by atoms with Gasteiger partial charge in [-0.1, -0.05) is 30.3 Å². The van der Waals surface area contributed by atoms with Crippen LogP contribution in [0.4, 0.5) is 0 Å². The van der Waals surface area contributed by atoms with E-state index in [-0.39, 0.29) is 0 Å². The van der Waals surface area contributed by atoms with Crippen LogP contribution in [-0.4, -0.2) is 34.7 Å². The van der Waals surface area contributed by atoms with E-state index >= 15 is 0 Å². The lowest BCUT2D eigenvalue weighted by atomic mass is 10.1. The third kappa shape index (κ3) is 7.16. The summed E-state index contributed by atoms with van der Waals surface area (Å²) >= 11 is 0. The minimum Gasteiger partial charge on any atom is -0.430 e. The number of rotatable bonds is 4. The Morgan fingerprint density at radius 1 is 1.00 bits per heavy atom. The summed E-state index contributed by atoms with van der Waals surface area (Å²) in [4.78, 5) is 2.50. The van der Waals surface area contributed by atoms with Gasteiger partial charge in [0.05, 0.1) is 0 Å². The topological polar surface area (TPSA) is 43.7 Å². The predicted molar refractivity (Wildman–Crippen MR) is 73.8 cm³/mol. The number of nitrogens with zero attached hydrogens (tertiary/aromatic N) is 1. The maximum Gasteiger partial charge on any atom is 0.432 e. The molecule has 0 atom stereocenters. The Morgan fingerprint density at radius 3 is 1.76 bits per heavy atom. The molecule has 1 rings (SSSR count). The van der Waals surface area contributed by atoms with E-state index in [0.717, 1.165) is 6.54 Å². The van der Waals surface area contributed by atoms with Gasteiger partial charge in [0.15, 0.2) is 0 Å². The van der Waals surface area contributed by atoms with Crippen LogP contribution in [0.15, 0.2) is 30.3 Å². The first-order valence-electron chi connectivity index (χ1n) is 6.04. The van der Waals surface area contributed by atoms with E-state index in [1.165, 1.54) is 5.56 Å². The molecule has 4 heteroatoms. The van der Waals surface area contributed by atoms with Gasteiger partial charge < -0.3 is 10.0 Å². The van der Waals surface area contributed by atoms with E-state index in [9.17, 15) is 0 Å². The highest BCUT2D eigenvalue weighted by atomic mass is 16.4. The lowest BCUT2D eigenvalue weighted by Gasteiger charge is -2.30. The van der Waals surface area contributed by atoms with Gasteiger partial charge in [-0.2, -0.15) is 0 Å². The lowest BCUT2D eigenvalue weighted by Crippen LogP contribution is -2.36. The minimum atomic E-state index is -0.750. The second-order valence-corrected chi connectivity index (χ2v) is 4.49. The van der Waals surface area contributed by atoms with E-state index < -0.39 is 7.69 Å². The molecule has 3 nitrogen and oxygen atoms in total. The average Bonchev–Trinajstić information content (AvgIpc) is 2.27. The first-order chi connectivity index (χ1) is 8.02. The summed E-state index contributed by atoms with van der Waals surface area (Å²) in [5.74, 6) is 0. The van der Waals surface area contributed by atoms with Crippen LogP contribution in [0.1, 0.15) is 33.3 Å². The molecular formula is C13H24BNO2. The molecule has 0 saturated heterocycles. The van der Waals surface area contributed by atoms with Crippen LogP contribution < -0.4 is 0 Å². The van der Waals surface area contributed by atoms with Crippen molar-refractivity contribution in [3.63, 3.8) is 0 Å². The molecule has 0 spiro atoms. The fourth-order valence-corrected chi connectivity index (χ4v) is 1.76. The van der Waals surface area contributed by atoms with Gasteiger partial charge in [0.1, 0.15) is 0 Å². The number of hydrogen-bond acceptors (Lipinski definition) is 3. The Hall–Kier alpha value is -0.835. The smallest absolute Gasteiger partial charge is 0.430 e. The summed E-state index contributed by atoms with van der Waals surface area (Å²) in [6, 6.07) is 11.9. The van der Waals surface area contributed by atoms with Crippen molar-refractivity contribution < 1.29 is 10.0 Å². The van der Waals surface area contributed by atoms with Crippen molar-refractivity contribution in [3.8, 4) is 0 Å². The van der Waals surface area contributed by atoms with Gasteiger partial charge in [-0.15, -0.1) is 0 Å². The van der Waals surface area contributed by atoms with E-state index in [2.05, 4.69) is 62.9 Å². The molecule has 2 N–H and O–H groups in total. The van der Waals surface area contributed by atoms with Gasteiger partial charge in [0.25, 0.3) is 0 Å². The van der Waals surface area contributed by atoms with Crippen molar-refractivity contribution in [2.45, 2.75) is 46.3 Å². The number of hydrogen-bond donors (Lipinski definition) is 2. The molecule has 1 aromatic carbocycles. The zero-order valence-corrected chi connectivity index (χ0v) is 11.3. The fraction of sp³-hybridized carbons (Fsp3) is 0.538. The van der Waals surface area contributed by atoms with Crippen molar-refractivity contribution in [2.24, 2.45) is 0 Å². The highest BCUT2D eigenvalue weighted by Gasteiger charge is 2.12. The van der Waals surface area contributed by atoms with Crippen LogP contribution in [0.3, 0.4) is 0 Å². The average molecular weight is 237 g/mol. The quantitative estimate of drug-likeness (QED) is 0.781. The molecule has 0 bridgehead atoms. The normalized spacial score (nSPS) is 10.4. The molecule has 0 fully saturated rings. The molecule has 0 saturated carbocycles. The zero-order chi connectivity index (χ0) is 13.3. The van der Waals surface area contributed by atoms with Crippen LogP contribution in [0.5, 0.6) is 0 Å². The summed E-state index contributed by atoms with van der Waals surface area (Å²) in [6.07, 6.45) is 0. The first-order valence-corrected chi connectivity index (χ1v) is 6.04. The minimum absolute atomic E-state index is 0.607. The van der Waals surface area contributed by atoms with Gasteiger partial charge in [-0.25, -0.2) is 0 Å². The molecule has 0 aliphatic heterocycles. The molecular weight excluding hydrogens is 213 g/mol. The van der Waals surface area contributed by atoms with Crippen LogP contribution in [0.2, 0.25) is 0 Å². The van der Waals surface area contributed by atoms with Gasteiger partial charge in [-0.3, -0.25) is 4.90 Å². The summed E-state index contributed by atoms with van der Waals surface area (Å²) < 4.78 is 0. The van der Waals surface area contributed by atoms with Crippen LogP contribution in [-0.2, 0) is 6.54 Å². The third-order valence-corrected chi connectivity index (χ3v) is 2.53. The van der Waals surface area contributed by atoms with E-state index in [4.69, 9.17) is 10.0 Å². The van der Waals surface area contributed by atoms with Crippen LogP contribution >= 0.6 is 0 Å². The van der Waals surface area contributed by atoms with E-state index in [1.807, 2.05) is 0 Å². The molecule has 0 radical (unpaired) electrons. The largest absolute Gasteiger partial charge is 0.432 e. The van der Waals surface area contributed by atoms with Crippen LogP contribution in [0, 0.1) is 0 Å². The Morgan fingerprint density at radius 2 is 1.41 bits per heavy atom. The third-order valence-electron chi connectivity index (χ3n) is 2.53.